The Labute approximate surface area is 90.9 Å². The second-order valence-corrected chi connectivity index (χ2v) is 6.25. The van der Waals surface area contributed by atoms with Gasteiger partial charge >= 0.3 is 0 Å². The molecular weight excluding hydrogens is 170 g/mol. The Kier molecular flexibility index (Phi) is 5.14. The van der Waals surface area contributed by atoms with Crippen LogP contribution in [0.5, 0.6) is 0 Å². The zero-order valence-corrected chi connectivity index (χ0v) is 11.4. The lowest BCUT2D eigenvalue weighted by Crippen LogP contribution is -2.45. The van der Waals surface area contributed by atoms with Gasteiger partial charge < -0.3 is 0 Å². The van der Waals surface area contributed by atoms with E-state index in [0.717, 1.165) is 0 Å². The van der Waals surface area contributed by atoms with Crippen LogP contribution in [-0.4, -0.2) is 23.0 Å². The topological polar surface area (TPSA) is 3.24 Å². The predicted molar refractivity (Wildman–Crippen MR) is 65.6 cm³/mol. The highest BCUT2D eigenvalue weighted by atomic mass is 15.2. The molecule has 1 unspecified atom stereocenters. The van der Waals surface area contributed by atoms with E-state index in [9.17, 15) is 0 Å². The van der Waals surface area contributed by atoms with Crippen LogP contribution in [0.15, 0.2) is 0 Å². The molecule has 86 valence electrons. The molecule has 0 fully saturated rings. The first-order chi connectivity index (χ1) is 6.15. The Morgan fingerprint density at radius 2 is 1.21 bits per heavy atom. The molecule has 0 aromatic rings. The van der Waals surface area contributed by atoms with E-state index >= 15 is 0 Å². The van der Waals surface area contributed by atoms with Crippen molar-refractivity contribution in [3.63, 3.8) is 0 Å². The van der Waals surface area contributed by atoms with Crippen molar-refractivity contribution in [3.8, 4) is 0 Å². The molecule has 14 heavy (non-hydrogen) atoms. The van der Waals surface area contributed by atoms with Crippen molar-refractivity contribution in [2.24, 2.45) is 5.41 Å². The van der Waals surface area contributed by atoms with Gasteiger partial charge in [-0.3, -0.25) is 4.90 Å². The van der Waals surface area contributed by atoms with Crippen molar-refractivity contribution in [2.45, 2.75) is 79.9 Å². The number of rotatable bonds is 4. The molecule has 0 aromatic heterocycles. The summed E-state index contributed by atoms with van der Waals surface area (Å²) in [6, 6.07) is 1.97. The van der Waals surface area contributed by atoms with Gasteiger partial charge in [-0.05, 0) is 46.5 Å². The van der Waals surface area contributed by atoms with Crippen LogP contribution in [-0.2, 0) is 0 Å². The third-order valence-electron chi connectivity index (χ3n) is 2.61. The maximum Gasteiger partial charge on any atom is 0.00773 e. The van der Waals surface area contributed by atoms with Gasteiger partial charge in [0.15, 0.2) is 0 Å². The van der Waals surface area contributed by atoms with E-state index in [-0.39, 0.29) is 0 Å². The van der Waals surface area contributed by atoms with Gasteiger partial charge in [0.25, 0.3) is 0 Å². The summed E-state index contributed by atoms with van der Waals surface area (Å²) >= 11 is 0. The van der Waals surface area contributed by atoms with Crippen molar-refractivity contribution < 1.29 is 0 Å². The average molecular weight is 199 g/mol. The van der Waals surface area contributed by atoms with Crippen molar-refractivity contribution >= 4 is 0 Å². The molecule has 0 heterocycles. The van der Waals surface area contributed by atoms with E-state index in [0.29, 0.717) is 23.5 Å². The molecule has 0 radical (unpaired) electrons. The monoisotopic (exact) mass is 199 g/mol. The highest BCUT2D eigenvalue weighted by Crippen LogP contribution is 2.25. The molecule has 0 aromatic carbocycles. The normalized spacial score (nSPS) is 15.6. The van der Waals surface area contributed by atoms with Crippen molar-refractivity contribution in [3.05, 3.63) is 0 Å². The molecule has 0 bridgehead atoms. The number of hydrogen-bond donors (Lipinski definition) is 0. The van der Waals surface area contributed by atoms with E-state index < -0.39 is 0 Å². The lowest BCUT2D eigenvalue weighted by molar-refractivity contribution is 0.0934. The maximum atomic E-state index is 2.60. The van der Waals surface area contributed by atoms with Crippen LogP contribution in [0.1, 0.15) is 61.8 Å². The highest BCUT2D eigenvalue weighted by Gasteiger charge is 2.24. The highest BCUT2D eigenvalue weighted by molar-refractivity contribution is 4.78. The SMILES string of the molecule is CC(C)N(C(C)C)C(C)CC(C)(C)C. The first-order valence-electron chi connectivity index (χ1n) is 5.92. The molecule has 0 aliphatic rings. The minimum atomic E-state index is 0.432. The van der Waals surface area contributed by atoms with Crippen LogP contribution in [0.3, 0.4) is 0 Å². The Balaban J connectivity index is 4.38. The van der Waals surface area contributed by atoms with E-state index in [4.69, 9.17) is 0 Å². The van der Waals surface area contributed by atoms with Gasteiger partial charge in [0.2, 0.25) is 0 Å². The molecule has 0 spiro atoms. The van der Waals surface area contributed by atoms with Crippen molar-refractivity contribution in [1.29, 1.82) is 0 Å². The van der Waals surface area contributed by atoms with E-state index in [1.807, 2.05) is 0 Å². The molecule has 0 N–H and O–H groups in total. The Morgan fingerprint density at radius 3 is 1.43 bits per heavy atom. The molecular formula is C13H29N. The molecule has 0 aliphatic carbocycles. The van der Waals surface area contributed by atoms with Crippen molar-refractivity contribution in [2.75, 3.05) is 0 Å². The summed E-state index contributed by atoms with van der Waals surface area (Å²) in [5, 5.41) is 0. The minimum Gasteiger partial charge on any atom is -0.296 e. The molecule has 1 heteroatoms. The van der Waals surface area contributed by atoms with Gasteiger partial charge in [0.1, 0.15) is 0 Å². The smallest absolute Gasteiger partial charge is 0.00773 e. The molecule has 0 rings (SSSR count). The maximum absolute atomic E-state index is 2.60. The van der Waals surface area contributed by atoms with E-state index in [2.05, 4.69) is 60.3 Å². The Hall–Kier alpha value is -0.0400. The summed E-state index contributed by atoms with van der Waals surface area (Å²) in [6.07, 6.45) is 1.27. The summed E-state index contributed by atoms with van der Waals surface area (Å²) in [4.78, 5) is 2.60. The third-order valence-corrected chi connectivity index (χ3v) is 2.61. The predicted octanol–water partition coefficient (Wildman–Crippen LogP) is 3.93. The molecule has 0 amide bonds. The van der Waals surface area contributed by atoms with Crippen molar-refractivity contribution in [1.82, 2.24) is 4.90 Å². The molecule has 0 saturated carbocycles. The zero-order chi connectivity index (χ0) is 11.5. The molecule has 1 nitrogen and oxygen atoms in total. The van der Waals surface area contributed by atoms with Crippen LogP contribution in [0.2, 0.25) is 0 Å². The largest absolute Gasteiger partial charge is 0.296 e. The molecule has 0 saturated heterocycles. The van der Waals surface area contributed by atoms with Gasteiger partial charge in [0, 0.05) is 18.1 Å². The summed E-state index contributed by atoms with van der Waals surface area (Å²) in [7, 11) is 0. The average Bonchev–Trinajstić information content (AvgIpc) is 1.78. The van der Waals surface area contributed by atoms with E-state index in [1.165, 1.54) is 6.42 Å². The molecule has 0 aliphatic heterocycles. The summed E-state index contributed by atoms with van der Waals surface area (Å²) < 4.78 is 0. The van der Waals surface area contributed by atoms with Gasteiger partial charge in [-0.1, -0.05) is 20.8 Å². The Bertz CT molecular complexity index is 145. The van der Waals surface area contributed by atoms with Crippen LogP contribution < -0.4 is 0 Å². The number of nitrogens with zero attached hydrogens (tertiary/aromatic N) is 1. The van der Waals surface area contributed by atoms with Crippen LogP contribution in [0.4, 0.5) is 0 Å². The van der Waals surface area contributed by atoms with Gasteiger partial charge in [-0.25, -0.2) is 0 Å². The van der Waals surface area contributed by atoms with Crippen LogP contribution in [0, 0.1) is 5.41 Å². The molecule has 1 atom stereocenters. The standard InChI is InChI=1S/C13H29N/c1-10(2)14(11(3)4)12(5)9-13(6,7)8/h10-12H,9H2,1-8H3. The van der Waals surface area contributed by atoms with Gasteiger partial charge in [0.05, 0.1) is 0 Å². The first-order valence-corrected chi connectivity index (χ1v) is 5.92. The quantitative estimate of drug-likeness (QED) is 0.663. The minimum absolute atomic E-state index is 0.432. The fourth-order valence-electron chi connectivity index (χ4n) is 2.61. The second kappa shape index (κ2) is 5.16. The third kappa shape index (κ3) is 4.99. The summed E-state index contributed by atoms with van der Waals surface area (Å²) in [6.45, 7) is 18.5. The lowest BCUT2D eigenvalue weighted by atomic mass is 9.87. The van der Waals surface area contributed by atoms with Gasteiger partial charge in [-0.15, -0.1) is 0 Å². The fraction of sp³-hybridized carbons (Fsp3) is 1.00. The lowest BCUT2D eigenvalue weighted by Gasteiger charge is -2.39. The van der Waals surface area contributed by atoms with E-state index in [1.54, 1.807) is 0 Å². The van der Waals surface area contributed by atoms with Gasteiger partial charge in [-0.2, -0.15) is 0 Å². The fourth-order valence-corrected chi connectivity index (χ4v) is 2.61. The van der Waals surface area contributed by atoms with Crippen LogP contribution in [0.25, 0.3) is 0 Å². The second-order valence-electron chi connectivity index (χ2n) is 6.25. The number of hydrogen-bond acceptors (Lipinski definition) is 1. The zero-order valence-electron chi connectivity index (χ0n) is 11.4. The Morgan fingerprint density at radius 1 is 0.857 bits per heavy atom. The first kappa shape index (κ1) is 14.0. The van der Waals surface area contributed by atoms with Crippen LogP contribution >= 0.6 is 0 Å². The summed E-state index contributed by atoms with van der Waals surface area (Å²) in [5.74, 6) is 0. The summed E-state index contributed by atoms with van der Waals surface area (Å²) in [5.41, 5.74) is 0.432.